The Balaban J connectivity index is 1.75. The summed E-state index contributed by atoms with van der Waals surface area (Å²) in [5.41, 5.74) is 10.4. The Kier molecular flexibility index (Phi) is 6.64. The van der Waals surface area contributed by atoms with Crippen molar-refractivity contribution in [1.29, 1.82) is 0 Å². The lowest BCUT2D eigenvalue weighted by Gasteiger charge is -2.23. The van der Waals surface area contributed by atoms with Gasteiger partial charge in [-0.05, 0) is 52.8 Å². The second kappa shape index (κ2) is 10.5. The molecule has 0 bridgehead atoms. The van der Waals surface area contributed by atoms with Crippen molar-refractivity contribution in [3.05, 3.63) is 139 Å². The topological polar surface area (TPSA) is 30.7 Å². The zero-order valence-corrected chi connectivity index (χ0v) is 22.5. The molecule has 1 aromatic heterocycles. The summed E-state index contributed by atoms with van der Waals surface area (Å²) in [6.07, 6.45) is 0. The molecule has 0 spiro atoms. The molecule has 5 aromatic carbocycles. The van der Waals surface area contributed by atoms with Crippen molar-refractivity contribution in [2.24, 2.45) is 0 Å². The van der Waals surface area contributed by atoms with Gasteiger partial charge in [-0.1, -0.05) is 129 Å². The van der Waals surface area contributed by atoms with Gasteiger partial charge in [0.2, 0.25) is 0 Å². The summed E-state index contributed by atoms with van der Waals surface area (Å²) in [5, 5.41) is 9.64. The van der Waals surface area contributed by atoms with Crippen molar-refractivity contribution in [1.82, 2.24) is 14.8 Å². The predicted molar refractivity (Wildman–Crippen MR) is 162 cm³/mol. The quantitative estimate of drug-likeness (QED) is 0.226. The largest absolute Gasteiger partial charge is 0.274 e. The van der Waals surface area contributed by atoms with Crippen LogP contribution in [0.4, 0.5) is 0 Å². The molecular formula is C36H31N3. The van der Waals surface area contributed by atoms with Gasteiger partial charge in [0.15, 0.2) is 11.6 Å². The monoisotopic (exact) mass is 505 g/mol. The lowest BCUT2D eigenvalue weighted by atomic mass is 9.89. The molecule has 0 atom stereocenters. The molecule has 0 aliphatic carbocycles. The highest BCUT2D eigenvalue weighted by molar-refractivity contribution is 5.84. The van der Waals surface area contributed by atoms with E-state index >= 15 is 0 Å². The third kappa shape index (κ3) is 4.68. The van der Waals surface area contributed by atoms with Gasteiger partial charge in [0.1, 0.15) is 0 Å². The van der Waals surface area contributed by atoms with E-state index in [9.17, 15) is 0 Å². The van der Waals surface area contributed by atoms with Gasteiger partial charge in [0.05, 0.1) is 5.69 Å². The molecule has 1 heterocycles. The standard InChI is InChI=1S/C36H31N3/c1-25(2)32-23-30(27-16-7-4-8-17-27)24-33(28-18-9-5-10-19-28)34(32)39-35(29-20-11-6-12-21-29)37-38-36(39)31-22-14-13-15-26(31)3/h4-25H,1-3H3. The third-order valence-corrected chi connectivity index (χ3v) is 7.26. The number of rotatable bonds is 6. The predicted octanol–water partition coefficient (Wildman–Crippen LogP) is 9.37. The second-order valence-electron chi connectivity index (χ2n) is 10.2. The number of hydrogen-bond acceptors (Lipinski definition) is 2. The van der Waals surface area contributed by atoms with Gasteiger partial charge in [-0.3, -0.25) is 4.57 Å². The maximum atomic E-state index is 4.83. The maximum Gasteiger partial charge on any atom is 0.169 e. The Hall–Kier alpha value is -4.76. The molecule has 0 saturated carbocycles. The van der Waals surface area contributed by atoms with Gasteiger partial charge < -0.3 is 0 Å². The van der Waals surface area contributed by atoms with Crippen molar-refractivity contribution in [2.75, 3.05) is 0 Å². The minimum atomic E-state index is 0.266. The summed E-state index contributed by atoms with van der Waals surface area (Å²) < 4.78 is 2.28. The summed E-state index contributed by atoms with van der Waals surface area (Å²) in [6.45, 7) is 6.67. The summed E-state index contributed by atoms with van der Waals surface area (Å²) in [4.78, 5) is 0. The van der Waals surface area contributed by atoms with Gasteiger partial charge in [-0.15, -0.1) is 10.2 Å². The van der Waals surface area contributed by atoms with Crippen molar-refractivity contribution >= 4 is 0 Å². The van der Waals surface area contributed by atoms with Crippen LogP contribution in [0.5, 0.6) is 0 Å². The molecule has 0 aliphatic rings. The van der Waals surface area contributed by atoms with Gasteiger partial charge in [-0.2, -0.15) is 0 Å². The SMILES string of the molecule is Cc1ccccc1-c1nnc(-c2ccccc2)n1-c1c(-c2ccccc2)cc(-c2ccccc2)cc1C(C)C. The first kappa shape index (κ1) is 24.6. The maximum absolute atomic E-state index is 4.83. The van der Waals surface area contributed by atoms with E-state index in [0.717, 1.165) is 39.6 Å². The molecule has 3 nitrogen and oxygen atoms in total. The minimum Gasteiger partial charge on any atom is -0.274 e. The van der Waals surface area contributed by atoms with Crippen LogP contribution in [0.3, 0.4) is 0 Å². The highest BCUT2D eigenvalue weighted by atomic mass is 15.3. The third-order valence-electron chi connectivity index (χ3n) is 7.26. The number of hydrogen-bond donors (Lipinski definition) is 0. The molecular weight excluding hydrogens is 474 g/mol. The lowest BCUT2D eigenvalue weighted by Crippen LogP contribution is -2.08. The Morgan fingerprint density at radius 2 is 1.05 bits per heavy atom. The van der Waals surface area contributed by atoms with Crippen molar-refractivity contribution in [3.8, 4) is 50.7 Å². The summed E-state index contributed by atoms with van der Waals surface area (Å²) in [6, 6.07) is 44.8. The van der Waals surface area contributed by atoms with Crippen molar-refractivity contribution in [2.45, 2.75) is 26.7 Å². The molecule has 0 fully saturated rings. The number of benzene rings is 5. The smallest absolute Gasteiger partial charge is 0.169 e. The fourth-order valence-electron chi connectivity index (χ4n) is 5.25. The van der Waals surface area contributed by atoms with Crippen LogP contribution in [0.15, 0.2) is 127 Å². The summed E-state index contributed by atoms with van der Waals surface area (Å²) >= 11 is 0. The van der Waals surface area contributed by atoms with Crippen LogP contribution in [-0.2, 0) is 0 Å². The van der Waals surface area contributed by atoms with E-state index in [2.05, 4.69) is 147 Å². The van der Waals surface area contributed by atoms with E-state index in [1.54, 1.807) is 0 Å². The average Bonchev–Trinajstić information content (AvgIpc) is 3.42. The molecule has 6 rings (SSSR count). The van der Waals surface area contributed by atoms with E-state index < -0.39 is 0 Å². The highest BCUT2D eigenvalue weighted by Gasteiger charge is 2.25. The second-order valence-corrected chi connectivity index (χ2v) is 10.2. The van der Waals surface area contributed by atoms with Crippen LogP contribution >= 0.6 is 0 Å². The summed E-state index contributed by atoms with van der Waals surface area (Å²) in [5.74, 6) is 1.95. The molecule has 3 heteroatoms. The first-order valence-corrected chi connectivity index (χ1v) is 13.5. The van der Waals surface area contributed by atoms with E-state index in [-0.39, 0.29) is 5.92 Å². The van der Waals surface area contributed by atoms with Crippen LogP contribution in [0.1, 0.15) is 30.9 Å². The molecule has 0 N–H and O–H groups in total. The fourth-order valence-corrected chi connectivity index (χ4v) is 5.25. The Morgan fingerprint density at radius 1 is 0.513 bits per heavy atom. The van der Waals surface area contributed by atoms with E-state index in [0.29, 0.717) is 0 Å². The highest BCUT2D eigenvalue weighted by Crippen LogP contribution is 2.41. The lowest BCUT2D eigenvalue weighted by molar-refractivity contribution is 0.849. The normalized spacial score (nSPS) is 11.2. The van der Waals surface area contributed by atoms with Crippen LogP contribution in [0, 0.1) is 6.92 Å². The van der Waals surface area contributed by atoms with Gasteiger partial charge in [-0.25, -0.2) is 0 Å². The van der Waals surface area contributed by atoms with Crippen molar-refractivity contribution < 1.29 is 0 Å². The first-order chi connectivity index (χ1) is 19.1. The molecule has 0 saturated heterocycles. The van der Waals surface area contributed by atoms with Crippen LogP contribution < -0.4 is 0 Å². The van der Waals surface area contributed by atoms with E-state index in [4.69, 9.17) is 10.2 Å². The molecule has 190 valence electrons. The Labute approximate surface area is 230 Å². The Morgan fingerprint density at radius 3 is 1.67 bits per heavy atom. The molecule has 0 radical (unpaired) electrons. The number of aromatic nitrogens is 3. The Bertz CT molecular complexity index is 1720. The van der Waals surface area contributed by atoms with E-state index in [1.165, 1.54) is 22.3 Å². The number of nitrogens with zero attached hydrogens (tertiary/aromatic N) is 3. The molecule has 0 amide bonds. The fraction of sp³-hybridized carbons (Fsp3) is 0.111. The molecule has 0 unspecified atom stereocenters. The molecule has 39 heavy (non-hydrogen) atoms. The van der Waals surface area contributed by atoms with Gasteiger partial charge in [0, 0.05) is 16.7 Å². The average molecular weight is 506 g/mol. The molecule has 6 aromatic rings. The van der Waals surface area contributed by atoms with Crippen molar-refractivity contribution in [3.63, 3.8) is 0 Å². The van der Waals surface area contributed by atoms with Gasteiger partial charge >= 0.3 is 0 Å². The summed E-state index contributed by atoms with van der Waals surface area (Å²) in [7, 11) is 0. The minimum absolute atomic E-state index is 0.266. The van der Waals surface area contributed by atoms with E-state index in [1.807, 2.05) is 6.07 Å². The number of aryl methyl sites for hydroxylation is 1. The zero-order valence-electron chi connectivity index (χ0n) is 22.5. The molecule has 0 aliphatic heterocycles. The van der Waals surface area contributed by atoms with Crippen LogP contribution in [0.2, 0.25) is 0 Å². The first-order valence-electron chi connectivity index (χ1n) is 13.5. The van der Waals surface area contributed by atoms with Crippen LogP contribution in [0.25, 0.3) is 50.7 Å². The van der Waals surface area contributed by atoms with Gasteiger partial charge in [0.25, 0.3) is 0 Å². The zero-order chi connectivity index (χ0) is 26.8. The van der Waals surface area contributed by atoms with Crippen LogP contribution in [-0.4, -0.2) is 14.8 Å².